The van der Waals surface area contributed by atoms with Gasteiger partial charge in [0.05, 0.1) is 4.90 Å². The molecule has 0 saturated carbocycles. The molecule has 0 radical (unpaired) electrons. The molecule has 9 nitrogen and oxygen atoms in total. The average molecular weight is 296 g/mol. The summed E-state index contributed by atoms with van der Waals surface area (Å²) in [5.74, 6) is -0.718. The summed E-state index contributed by atoms with van der Waals surface area (Å²) in [5.41, 5.74) is 0.322. The molecule has 2 aromatic rings. The third-order valence-corrected chi connectivity index (χ3v) is 4.23. The van der Waals surface area contributed by atoms with Crippen LogP contribution in [0.25, 0.3) is 0 Å². The lowest BCUT2D eigenvalue weighted by molar-refractivity contribution is 0.101. The van der Waals surface area contributed by atoms with E-state index in [0.29, 0.717) is 5.69 Å². The number of aromatic amines is 1. The van der Waals surface area contributed by atoms with Gasteiger partial charge in [0, 0.05) is 19.8 Å². The summed E-state index contributed by atoms with van der Waals surface area (Å²) < 4.78 is 25.0. The SMILES string of the molecule is CN(C)S(=O)(=O)c1cccc(NC(=O)c2nn[nH]n2)c1. The van der Waals surface area contributed by atoms with Crippen LogP contribution in [0.2, 0.25) is 0 Å². The van der Waals surface area contributed by atoms with Crippen LogP contribution < -0.4 is 5.32 Å². The number of nitrogens with one attached hydrogen (secondary N) is 2. The van der Waals surface area contributed by atoms with E-state index in [9.17, 15) is 13.2 Å². The van der Waals surface area contributed by atoms with Gasteiger partial charge in [-0.25, -0.2) is 12.7 Å². The van der Waals surface area contributed by atoms with Crippen LogP contribution in [-0.2, 0) is 10.0 Å². The van der Waals surface area contributed by atoms with E-state index in [0.717, 1.165) is 4.31 Å². The Morgan fingerprint density at radius 1 is 1.35 bits per heavy atom. The van der Waals surface area contributed by atoms with E-state index in [-0.39, 0.29) is 10.7 Å². The fourth-order valence-electron chi connectivity index (χ4n) is 1.39. The Hall–Kier alpha value is -2.33. The van der Waals surface area contributed by atoms with Crippen molar-refractivity contribution in [3.8, 4) is 0 Å². The second kappa shape index (κ2) is 5.35. The summed E-state index contributed by atoms with van der Waals surface area (Å²) in [7, 11) is -0.696. The molecular weight excluding hydrogens is 284 g/mol. The first kappa shape index (κ1) is 14.1. The molecule has 10 heteroatoms. The molecule has 2 N–H and O–H groups in total. The van der Waals surface area contributed by atoms with Crippen LogP contribution in [0.3, 0.4) is 0 Å². The first-order chi connectivity index (χ1) is 9.41. The second-order valence-electron chi connectivity index (χ2n) is 4.00. The number of H-pyrrole nitrogens is 1. The van der Waals surface area contributed by atoms with Crippen molar-refractivity contribution < 1.29 is 13.2 Å². The summed E-state index contributed by atoms with van der Waals surface area (Å²) in [6.45, 7) is 0. The number of tetrazole rings is 1. The van der Waals surface area contributed by atoms with Crippen LogP contribution in [0.4, 0.5) is 5.69 Å². The molecule has 1 amide bonds. The Bertz CT molecular complexity index is 710. The minimum Gasteiger partial charge on any atom is -0.319 e. The van der Waals surface area contributed by atoms with Crippen LogP contribution in [0.15, 0.2) is 29.2 Å². The summed E-state index contributed by atoms with van der Waals surface area (Å²) in [6.07, 6.45) is 0. The number of sulfonamides is 1. The van der Waals surface area contributed by atoms with Crippen molar-refractivity contribution in [2.45, 2.75) is 4.90 Å². The number of aromatic nitrogens is 4. The van der Waals surface area contributed by atoms with Gasteiger partial charge in [0.25, 0.3) is 11.7 Å². The average Bonchev–Trinajstić information content (AvgIpc) is 2.92. The molecule has 1 heterocycles. The van der Waals surface area contributed by atoms with E-state index in [1.165, 1.54) is 32.3 Å². The van der Waals surface area contributed by atoms with Gasteiger partial charge < -0.3 is 5.32 Å². The zero-order valence-corrected chi connectivity index (χ0v) is 11.5. The number of benzene rings is 1. The quantitative estimate of drug-likeness (QED) is 0.799. The largest absolute Gasteiger partial charge is 0.319 e. The summed E-state index contributed by atoms with van der Waals surface area (Å²) in [4.78, 5) is 11.8. The molecule has 0 unspecified atom stereocenters. The van der Waals surface area contributed by atoms with Gasteiger partial charge in [-0.1, -0.05) is 6.07 Å². The second-order valence-corrected chi connectivity index (χ2v) is 6.16. The molecule has 0 fully saturated rings. The van der Waals surface area contributed by atoms with Gasteiger partial charge in [-0.15, -0.1) is 10.2 Å². The highest BCUT2D eigenvalue weighted by molar-refractivity contribution is 7.89. The number of anilines is 1. The molecule has 1 aromatic heterocycles. The molecule has 0 saturated heterocycles. The van der Waals surface area contributed by atoms with Gasteiger partial charge in [0.2, 0.25) is 10.0 Å². The van der Waals surface area contributed by atoms with Crippen LogP contribution in [-0.4, -0.2) is 53.3 Å². The van der Waals surface area contributed by atoms with Crippen molar-refractivity contribution in [1.29, 1.82) is 0 Å². The lowest BCUT2D eigenvalue weighted by Crippen LogP contribution is -2.22. The molecule has 2 rings (SSSR count). The van der Waals surface area contributed by atoms with E-state index in [1.54, 1.807) is 6.07 Å². The molecule has 0 aliphatic heterocycles. The molecule has 0 atom stereocenters. The van der Waals surface area contributed by atoms with Crippen LogP contribution in [0, 0.1) is 0 Å². The van der Waals surface area contributed by atoms with E-state index >= 15 is 0 Å². The minimum absolute atomic E-state index is 0.0772. The zero-order chi connectivity index (χ0) is 14.8. The van der Waals surface area contributed by atoms with Gasteiger partial charge >= 0.3 is 0 Å². The standard InChI is InChI=1S/C10H12N6O3S/c1-16(2)20(18,19)8-5-3-4-7(6-8)11-10(17)9-12-14-15-13-9/h3-6H,1-2H3,(H,11,17)(H,12,13,14,15). The lowest BCUT2D eigenvalue weighted by atomic mass is 10.3. The van der Waals surface area contributed by atoms with E-state index in [1.807, 2.05) is 0 Å². The van der Waals surface area contributed by atoms with Crippen LogP contribution in [0.5, 0.6) is 0 Å². The number of carbonyl (C=O) groups excluding carboxylic acids is 1. The van der Waals surface area contributed by atoms with Gasteiger partial charge in [-0.2, -0.15) is 5.21 Å². The Kier molecular flexibility index (Phi) is 3.77. The number of nitrogens with zero attached hydrogens (tertiary/aromatic N) is 4. The Morgan fingerprint density at radius 2 is 2.10 bits per heavy atom. The van der Waals surface area contributed by atoms with Crippen molar-refractivity contribution in [1.82, 2.24) is 24.9 Å². The topological polar surface area (TPSA) is 121 Å². The Morgan fingerprint density at radius 3 is 2.70 bits per heavy atom. The van der Waals surface area contributed by atoms with E-state index < -0.39 is 15.9 Å². The van der Waals surface area contributed by atoms with Gasteiger partial charge in [0.15, 0.2) is 0 Å². The smallest absolute Gasteiger partial charge is 0.297 e. The van der Waals surface area contributed by atoms with Gasteiger partial charge in [-0.05, 0) is 23.4 Å². The Balaban J connectivity index is 2.25. The monoisotopic (exact) mass is 296 g/mol. The maximum atomic E-state index is 12.0. The molecule has 0 aliphatic carbocycles. The number of hydrogen-bond donors (Lipinski definition) is 2. The minimum atomic E-state index is -3.56. The normalized spacial score (nSPS) is 11.6. The molecule has 0 aliphatic rings. The Labute approximate surface area is 115 Å². The van der Waals surface area contributed by atoms with E-state index in [4.69, 9.17) is 0 Å². The fourth-order valence-corrected chi connectivity index (χ4v) is 2.34. The summed E-state index contributed by atoms with van der Waals surface area (Å²) in [5, 5.41) is 15.0. The lowest BCUT2D eigenvalue weighted by Gasteiger charge is -2.12. The van der Waals surface area contributed by atoms with Crippen LogP contribution >= 0.6 is 0 Å². The van der Waals surface area contributed by atoms with Crippen molar-refractivity contribution >= 4 is 21.6 Å². The zero-order valence-electron chi connectivity index (χ0n) is 10.7. The predicted octanol–water partition coefficient (Wildman–Crippen LogP) is -0.298. The fraction of sp³-hybridized carbons (Fsp3) is 0.200. The van der Waals surface area contributed by atoms with Gasteiger partial charge in [-0.3, -0.25) is 4.79 Å². The number of carbonyl (C=O) groups is 1. The molecular formula is C10H12N6O3S. The molecule has 1 aromatic carbocycles. The first-order valence-corrected chi connectivity index (χ1v) is 6.92. The van der Waals surface area contributed by atoms with Gasteiger partial charge in [0.1, 0.15) is 0 Å². The first-order valence-electron chi connectivity index (χ1n) is 5.48. The highest BCUT2D eigenvalue weighted by atomic mass is 32.2. The predicted molar refractivity (Wildman–Crippen MR) is 69.4 cm³/mol. The maximum absolute atomic E-state index is 12.0. The summed E-state index contributed by atoms with van der Waals surface area (Å²) >= 11 is 0. The maximum Gasteiger partial charge on any atom is 0.297 e. The molecule has 0 spiro atoms. The number of hydrogen-bond acceptors (Lipinski definition) is 6. The molecule has 20 heavy (non-hydrogen) atoms. The number of rotatable bonds is 4. The van der Waals surface area contributed by atoms with Crippen molar-refractivity contribution in [2.75, 3.05) is 19.4 Å². The molecule has 106 valence electrons. The third kappa shape index (κ3) is 2.81. The van der Waals surface area contributed by atoms with Crippen molar-refractivity contribution in [2.24, 2.45) is 0 Å². The van der Waals surface area contributed by atoms with Crippen molar-refractivity contribution in [3.63, 3.8) is 0 Å². The highest BCUT2D eigenvalue weighted by Crippen LogP contribution is 2.18. The van der Waals surface area contributed by atoms with Crippen LogP contribution in [0.1, 0.15) is 10.6 Å². The number of amides is 1. The van der Waals surface area contributed by atoms with E-state index in [2.05, 4.69) is 25.9 Å². The molecule has 0 bridgehead atoms. The summed E-state index contributed by atoms with van der Waals surface area (Å²) in [6, 6.07) is 5.89. The highest BCUT2D eigenvalue weighted by Gasteiger charge is 2.18. The van der Waals surface area contributed by atoms with Crippen molar-refractivity contribution in [3.05, 3.63) is 30.1 Å². The third-order valence-electron chi connectivity index (χ3n) is 2.42.